The van der Waals surface area contributed by atoms with Gasteiger partial charge in [-0.15, -0.1) is 0 Å². The average molecular weight is 951 g/mol. The van der Waals surface area contributed by atoms with E-state index in [0.717, 1.165) is 20.8 Å². The van der Waals surface area contributed by atoms with Gasteiger partial charge in [0.05, 0.1) is 39.1 Å². The Morgan fingerprint density at radius 2 is 0.708 bits per heavy atom. The van der Waals surface area contributed by atoms with Gasteiger partial charge >= 0.3 is 0 Å². The van der Waals surface area contributed by atoms with Crippen LogP contribution in [0.15, 0.2) is 0 Å². The number of hydrogen-bond acceptors (Lipinski definition) is 26. The molecule has 5 aliphatic rings. The summed E-state index contributed by atoms with van der Waals surface area (Å²) in [6.07, 6.45) is -36.3. The Morgan fingerprint density at radius 1 is 0.415 bits per heavy atom. The van der Waals surface area contributed by atoms with E-state index in [-0.39, 0.29) is 0 Å². The summed E-state index contributed by atoms with van der Waals surface area (Å²) in [6, 6.07) is -6.39. The van der Waals surface area contributed by atoms with Gasteiger partial charge in [0.1, 0.15) is 116 Å². The molecule has 5 fully saturated rings. The molecule has 18 N–H and O–H groups in total. The van der Waals surface area contributed by atoms with Crippen LogP contribution in [0.4, 0.5) is 0 Å². The van der Waals surface area contributed by atoms with Crippen LogP contribution in [0.1, 0.15) is 20.8 Å². The van der Waals surface area contributed by atoms with Crippen LogP contribution in [0.25, 0.3) is 0 Å². The fraction of sp³-hybridized carbons (Fsp3) is 0.917. The second kappa shape index (κ2) is 23.2. The Kier molecular flexibility index (Phi) is 19.1. The van der Waals surface area contributed by atoms with Crippen molar-refractivity contribution >= 4 is 17.7 Å². The predicted octanol–water partition coefficient (Wildman–Crippen LogP) is -11.5. The molecular formula is C36H62N4O25. The van der Waals surface area contributed by atoms with Gasteiger partial charge in [-0.2, -0.15) is 0 Å². The lowest BCUT2D eigenvalue weighted by atomic mass is 9.93. The van der Waals surface area contributed by atoms with Gasteiger partial charge in [-0.3, -0.25) is 14.4 Å². The highest BCUT2D eigenvalue weighted by Crippen LogP contribution is 2.35. The Hall–Kier alpha value is -2.51. The van der Waals surface area contributed by atoms with Crippen LogP contribution < -0.4 is 21.7 Å². The first-order valence-corrected chi connectivity index (χ1v) is 20.7. The minimum atomic E-state index is -1.96. The monoisotopic (exact) mass is 950 g/mol. The number of aliphatic hydroxyl groups is 13. The van der Waals surface area contributed by atoms with Gasteiger partial charge in [0.15, 0.2) is 31.5 Å². The number of carbonyl (C=O) groups is 3. The highest BCUT2D eigenvalue weighted by Gasteiger charge is 2.57. The van der Waals surface area contributed by atoms with Crippen molar-refractivity contribution in [1.29, 1.82) is 0 Å². The van der Waals surface area contributed by atoms with Crippen molar-refractivity contribution in [3.05, 3.63) is 0 Å². The maximum atomic E-state index is 12.6. The van der Waals surface area contributed by atoms with Crippen molar-refractivity contribution in [3.63, 3.8) is 0 Å². The van der Waals surface area contributed by atoms with Crippen LogP contribution in [0.2, 0.25) is 0 Å². The molecule has 0 aromatic carbocycles. The van der Waals surface area contributed by atoms with Gasteiger partial charge < -0.3 is 131 Å². The largest absolute Gasteiger partial charge is 0.394 e. The number of rotatable bonds is 16. The number of amides is 3. The summed E-state index contributed by atoms with van der Waals surface area (Å²) in [5.74, 6) is -2.32. The minimum absolute atomic E-state index is 0.759. The van der Waals surface area contributed by atoms with E-state index in [9.17, 15) is 80.8 Å². The lowest BCUT2D eigenvalue weighted by molar-refractivity contribution is -0.369. The highest BCUT2D eigenvalue weighted by molar-refractivity contribution is 5.74. The maximum Gasteiger partial charge on any atom is 0.217 e. The van der Waals surface area contributed by atoms with Gasteiger partial charge in [0.25, 0.3) is 0 Å². The van der Waals surface area contributed by atoms with Crippen molar-refractivity contribution < 1.29 is 123 Å². The van der Waals surface area contributed by atoms with E-state index in [1.807, 2.05) is 0 Å². The number of carbonyl (C=O) groups excluding carboxylic acids is 3. The molecule has 0 aromatic heterocycles. The van der Waals surface area contributed by atoms with E-state index in [1.165, 1.54) is 0 Å². The third kappa shape index (κ3) is 11.9. The van der Waals surface area contributed by atoms with Crippen LogP contribution in [0.3, 0.4) is 0 Å². The van der Waals surface area contributed by atoms with Crippen LogP contribution in [0, 0.1) is 0 Å². The molecule has 0 aromatic rings. The first kappa shape index (κ1) is 53.4. The Labute approximate surface area is 369 Å². The summed E-state index contributed by atoms with van der Waals surface area (Å²) in [6.45, 7) is -1.30. The molecule has 3 amide bonds. The average Bonchev–Trinajstić information content (AvgIpc) is 3.26. The zero-order valence-corrected chi connectivity index (χ0v) is 35.3. The fourth-order valence-corrected chi connectivity index (χ4v) is 8.30. The fourth-order valence-electron chi connectivity index (χ4n) is 8.30. The first-order valence-electron chi connectivity index (χ1n) is 20.7. The number of hydrogen-bond donors (Lipinski definition) is 17. The minimum Gasteiger partial charge on any atom is -0.394 e. The Balaban J connectivity index is 1.38. The van der Waals surface area contributed by atoms with Crippen molar-refractivity contribution in [3.8, 4) is 0 Å². The van der Waals surface area contributed by atoms with E-state index in [0.29, 0.717) is 0 Å². The van der Waals surface area contributed by atoms with Crippen LogP contribution in [-0.2, 0) is 57.0 Å². The highest BCUT2D eigenvalue weighted by atomic mass is 16.8. The molecule has 1 unspecified atom stereocenters. The molecular weight excluding hydrogens is 888 g/mol. The van der Waals surface area contributed by atoms with E-state index in [1.54, 1.807) is 0 Å². The van der Waals surface area contributed by atoms with Gasteiger partial charge in [0.2, 0.25) is 17.7 Å². The summed E-state index contributed by atoms with van der Waals surface area (Å²) >= 11 is 0. The van der Waals surface area contributed by atoms with Crippen molar-refractivity contribution in [2.24, 2.45) is 5.73 Å². The summed E-state index contributed by atoms with van der Waals surface area (Å²) in [5, 5.41) is 145. The lowest BCUT2D eigenvalue weighted by Gasteiger charge is -2.51. The van der Waals surface area contributed by atoms with E-state index < -0.39 is 204 Å². The normalized spacial score (nSPS) is 47.1. The molecule has 0 radical (unpaired) electrons. The van der Waals surface area contributed by atoms with Gasteiger partial charge in [0, 0.05) is 20.8 Å². The second-order valence-corrected chi connectivity index (χ2v) is 16.2. The molecule has 29 heteroatoms. The summed E-state index contributed by atoms with van der Waals surface area (Å²) in [4.78, 5) is 37.4. The lowest BCUT2D eigenvalue weighted by Crippen LogP contribution is -2.72. The molecule has 29 nitrogen and oxygen atoms in total. The molecule has 5 saturated heterocycles. The first-order chi connectivity index (χ1) is 30.7. The molecule has 0 bridgehead atoms. The number of nitrogens with two attached hydrogens (primary N) is 1. The molecule has 5 heterocycles. The quantitative estimate of drug-likeness (QED) is 0.0683. The summed E-state index contributed by atoms with van der Waals surface area (Å²) in [5.41, 5.74) is 6.00. The smallest absolute Gasteiger partial charge is 0.217 e. The molecule has 5 aliphatic heterocycles. The Bertz CT molecular complexity index is 1560. The van der Waals surface area contributed by atoms with E-state index in [2.05, 4.69) is 16.0 Å². The van der Waals surface area contributed by atoms with Crippen LogP contribution in [0.5, 0.6) is 0 Å². The summed E-state index contributed by atoms with van der Waals surface area (Å²) < 4.78 is 52.1. The van der Waals surface area contributed by atoms with Crippen LogP contribution >= 0.6 is 0 Å². The van der Waals surface area contributed by atoms with Gasteiger partial charge in [-0.25, -0.2) is 0 Å². The number of nitrogens with one attached hydrogen (secondary N) is 3. The molecule has 0 spiro atoms. The zero-order chi connectivity index (χ0) is 48.2. The Morgan fingerprint density at radius 3 is 1.03 bits per heavy atom. The third-order valence-corrected chi connectivity index (χ3v) is 11.6. The molecule has 5 rings (SSSR count). The topological polar surface area (TPSA) is 459 Å². The number of aliphatic hydroxyl groups excluding tert-OH is 13. The molecule has 0 aliphatic carbocycles. The van der Waals surface area contributed by atoms with Gasteiger partial charge in [-0.1, -0.05) is 0 Å². The third-order valence-electron chi connectivity index (χ3n) is 11.6. The second-order valence-electron chi connectivity index (χ2n) is 16.2. The van der Waals surface area contributed by atoms with Crippen molar-refractivity contribution in [1.82, 2.24) is 16.0 Å². The SMILES string of the molecule is CC(=O)N[C@H]1[C@H](O[C@H]2[C@H](O)[C@@H](NC(C)=O)[C@H](O[C@H]3[C@H](O)[C@@H](NC(C)=O)[C@H](O[C@H]4[C@H](O)[C@@H](O)C(O)O[C@@H]4CO)O[C@@H]3CO)O[C@@H]2CO)O[C@H](CO)[C@@H](O[C@@H]2O[C@H](CO)[C@@H](O)[C@H](O)[C@H]2N)[C@@H]1O. The molecule has 0 saturated carbocycles. The van der Waals surface area contributed by atoms with Crippen molar-refractivity contribution in [2.75, 3.05) is 33.0 Å². The zero-order valence-electron chi connectivity index (χ0n) is 35.3. The maximum absolute atomic E-state index is 12.6. The van der Waals surface area contributed by atoms with E-state index >= 15 is 0 Å². The van der Waals surface area contributed by atoms with E-state index in [4.69, 9.17) is 48.4 Å². The standard InChI is InChI=1S/C36H62N4O25/c1-9(46)38-18-23(51)28(62-33-17(37)22(50)21(49)12(4-41)58-33)14(6-43)59-34(18)63-29-15(7-44)60-35(19(24(29)52)39-10(2)47)64-30-16(8-45)61-36(20(25(30)53)40-11(3)48)65-31-13(5-42)57-32(56)27(55)26(31)54/h12-36,41-45,49-56H,4-8,37H2,1-3H3,(H,38,46)(H,39,47)(H,40,48)/t12-,13-,14-,15-,16-,17-,18-,19-,20-,21-,22-,23-,24-,25-,26-,27-,28-,29-,30-,31-,32?,33+,34+,35+,36+/m1/s1. The molecule has 376 valence electrons. The molecule has 25 atom stereocenters. The van der Waals surface area contributed by atoms with Gasteiger partial charge in [-0.05, 0) is 0 Å². The number of ether oxygens (including phenoxy) is 9. The summed E-state index contributed by atoms with van der Waals surface area (Å²) in [7, 11) is 0. The van der Waals surface area contributed by atoms with Crippen molar-refractivity contribution in [2.45, 2.75) is 174 Å². The predicted molar refractivity (Wildman–Crippen MR) is 203 cm³/mol. The van der Waals surface area contributed by atoms with Crippen LogP contribution in [-0.4, -0.2) is 270 Å². The molecule has 65 heavy (non-hydrogen) atoms.